The van der Waals surface area contributed by atoms with Gasteiger partial charge in [0.05, 0.1) is 24.7 Å². The lowest BCUT2D eigenvalue weighted by molar-refractivity contribution is 0.0991. The maximum atomic E-state index is 12.4. The van der Waals surface area contributed by atoms with Crippen LogP contribution in [0, 0.1) is 18.3 Å². The van der Waals surface area contributed by atoms with E-state index in [1.165, 1.54) is 0 Å². The Hall–Kier alpha value is -3.05. The van der Waals surface area contributed by atoms with Crippen molar-refractivity contribution in [1.82, 2.24) is 9.78 Å². The number of nitrogens with zero attached hydrogens (tertiary/aromatic N) is 3. The van der Waals surface area contributed by atoms with Gasteiger partial charge in [0.15, 0.2) is 5.76 Å². The number of hydrogen-bond acceptors (Lipinski definition) is 5. The number of aryl methyl sites for hydroxylation is 2. The van der Waals surface area contributed by atoms with Crippen molar-refractivity contribution >= 4 is 27.7 Å². The van der Waals surface area contributed by atoms with Crippen molar-refractivity contribution in [3.05, 3.63) is 64.2 Å². The molecule has 1 N–H and O–H groups in total. The molecule has 2 heterocycles. The second-order valence-corrected chi connectivity index (χ2v) is 6.68. The first kappa shape index (κ1) is 18.7. The molecule has 0 fully saturated rings. The molecule has 27 heavy (non-hydrogen) atoms. The van der Waals surface area contributed by atoms with Crippen LogP contribution in [-0.2, 0) is 13.2 Å². The van der Waals surface area contributed by atoms with E-state index in [4.69, 9.17) is 14.4 Å². The Balaban J connectivity index is 1.62. The van der Waals surface area contributed by atoms with Gasteiger partial charge < -0.3 is 14.5 Å². The largest absolute Gasteiger partial charge is 0.486 e. The first-order valence-electron chi connectivity index (χ1n) is 8.25. The van der Waals surface area contributed by atoms with Crippen LogP contribution in [0.5, 0.6) is 5.75 Å². The van der Waals surface area contributed by atoms with Crippen LogP contribution < -0.4 is 10.1 Å². The van der Waals surface area contributed by atoms with Crippen molar-refractivity contribution in [1.29, 1.82) is 5.26 Å². The van der Waals surface area contributed by atoms with Crippen LogP contribution in [0.25, 0.3) is 0 Å². The maximum Gasteiger partial charge on any atom is 0.292 e. The first-order valence-corrected chi connectivity index (χ1v) is 9.04. The fourth-order valence-corrected chi connectivity index (χ4v) is 2.82. The number of aromatic nitrogens is 2. The number of furan rings is 1. The van der Waals surface area contributed by atoms with Crippen LogP contribution in [0.4, 0.5) is 5.82 Å². The monoisotopic (exact) mass is 428 g/mol. The minimum absolute atomic E-state index is 0.175. The Morgan fingerprint density at radius 3 is 3.00 bits per heavy atom. The van der Waals surface area contributed by atoms with Crippen molar-refractivity contribution in [2.75, 3.05) is 5.32 Å². The lowest BCUT2D eigenvalue weighted by atomic mass is 10.3. The van der Waals surface area contributed by atoms with E-state index in [2.05, 4.69) is 32.4 Å². The van der Waals surface area contributed by atoms with Gasteiger partial charge in [-0.1, -0.05) is 22.0 Å². The molecular formula is C19H17BrN4O3. The highest BCUT2D eigenvalue weighted by atomic mass is 79.9. The van der Waals surface area contributed by atoms with Crippen LogP contribution in [0.3, 0.4) is 0 Å². The van der Waals surface area contributed by atoms with Crippen LogP contribution in [0.1, 0.15) is 28.4 Å². The number of nitrogens with one attached hydrogen (secondary N) is 1. The maximum absolute atomic E-state index is 12.4. The molecule has 0 aliphatic rings. The van der Waals surface area contributed by atoms with Crippen molar-refractivity contribution in [3.8, 4) is 11.8 Å². The van der Waals surface area contributed by atoms with Gasteiger partial charge in [-0.05, 0) is 37.3 Å². The van der Waals surface area contributed by atoms with Gasteiger partial charge in [0.2, 0.25) is 0 Å². The summed E-state index contributed by atoms with van der Waals surface area (Å²) in [6.45, 7) is 2.44. The molecule has 3 aromatic rings. The average molecular weight is 429 g/mol. The van der Waals surface area contributed by atoms with Gasteiger partial charge in [0.1, 0.15) is 23.9 Å². The average Bonchev–Trinajstić information content (AvgIpc) is 3.25. The van der Waals surface area contributed by atoms with Gasteiger partial charge in [0, 0.05) is 10.5 Å². The Kier molecular flexibility index (Phi) is 5.94. The number of carbonyl (C=O) groups excluding carboxylic acids is 1. The Morgan fingerprint density at radius 1 is 1.37 bits per heavy atom. The van der Waals surface area contributed by atoms with E-state index in [0.717, 1.165) is 10.2 Å². The molecule has 0 saturated heterocycles. The SMILES string of the molecule is Cc1cc(NC(=O)c2ccc(COc3cccc(Br)c3)o2)n(CCC#N)n1. The lowest BCUT2D eigenvalue weighted by Gasteiger charge is -2.06. The molecule has 0 unspecified atom stereocenters. The van der Waals surface area contributed by atoms with Crippen molar-refractivity contribution in [2.24, 2.45) is 0 Å². The molecule has 0 aliphatic carbocycles. The fourth-order valence-electron chi connectivity index (χ4n) is 2.44. The summed E-state index contributed by atoms with van der Waals surface area (Å²) in [5, 5.41) is 15.8. The third-order valence-electron chi connectivity index (χ3n) is 3.64. The van der Waals surface area contributed by atoms with E-state index >= 15 is 0 Å². The second kappa shape index (κ2) is 8.56. The number of anilines is 1. The molecule has 1 aromatic carbocycles. The highest BCUT2D eigenvalue weighted by molar-refractivity contribution is 9.10. The number of benzene rings is 1. The molecular weight excluding hydrogens is 412 g/mol. The highest BCUT2D eigenvalue weighted by Gasteiger charge is 2.15. The molecule has 0 spiro atoms. The third-order valence-corrected chi connectivity index (χ3v) is 4.14. The zero-order valence-corrected chi connectivity index (χ0v) is 16.2. The Morgan fingerprint density at radius 2 is 2.22 bits per heavy atom. The zero-order valence-electron chi connectivity index (χ0n) is 14.6. The molecule has 138 valence electrons. The summed E-state index contributed by atoms with van der Waals surface area (Å²) in [5.74, 6) is 1.55. The van der Waals surface area contributed by atoms with Crippen molar-refractivity contribution < 1.29 is 13.9 Å². The van der Waals surface area contributed by atoms with E-state index in [9.17, 15) is 4.79 Å². The summed E-state index contributed by atoms with van der Waals surface area (Å²) in [5.41, 5.74) is 0.755. The molecule has 2 aromatic heterocycles. The molecule has 7 nitrogen and oxygen atoms in total. The number of nitriles is 1. The molecule has 0 atom stereocenters. The van der Waals surface area contributed by atoms with Crippen molar-refractivity contribution in [2.45, 2.75) is 26.5 Å². The summed E-state index contributed by atoms with van der Waals surface area (Å²) in [6.07, 6.45) is 0.307. The van der Waals surface area contributed by atoms with E-state index < -0.39 is 0 Å². The van der Waals surface area contributed by atoms with Crippen LogP contribution in [0.15, 0.2) is 51.4 Å². The lowest BCUT2D eigenvalue weighted by Crippen LogP contribution is -2.15. The first-order chi connectivity index (χ1) is 13.0. The summed E-state index contributed by atoms with van der Waals surface area (Å²) < 4.78 is 13.7. The molecule has 1 amide bonds. The normalized spacial score (nSPS) is 10.4. The molecule has 3 rings (SSSR count). The van der Waals surface area contributed by atoms with Gasteiger partial charge in [-0.3, -0.25) is 4.79 Å². The minimum Gasteiger partial charge on any atom is -0.486 e. The number of amides is 1. The van der Waals surface area contributed by atoms with E-state index in [1.54, 1.807) is 22.9 Å². The third kappa shape index (κ3) is 4.99. The minimum atomic E-state index is -0.387. The van der Waals surface area contributed by atoms with Crippen LogP contribution >= 0.6 is 15.9 Å². The van der Waals surface area contributed by atoms with Gasteiger partial charge in [-0.15, -0.1) is 0 Å². The number of carbonyl (C=O) groups is 1. The smallest absolute Gasteiger partial charge is 0.292 e. The van der Waals surface area contributed by atoms with E-state index in [-0.39, 0.29) is 18.3 Å². The highest BCUT2D eigenvalue weighted by Crippen LogP contribution is 2.20. The number of hydrogen-bond donors (Lipinski definition) is 1. The summed E-state index contributed by atoms with van der Waals surface area (Å²) in [4.78, 5) is 12.4. The van der Waals surface area contributed by atoms with Crippen LogP contribution in [0.2, 0.25) is 0 Å². The predicted molar refractivity (Wildman–Crippen MR) is 102 cm³/mol. The van der Waals surface area contributed by atoms with Crippen molar-refractivity contribution in [3.63, 3.8) is 0 Å². The van der Waals surface area contributed by atoms with E-state index in [0.29, 0.717) is 30.3 Å². The van der Waals surface area contributed by atoms with Gasteiger partial charge in [-0.25, -0.2) is 4.68 Å². The fraction of sp³-hybridized carbons (Fsp3) is 0.211. The molecule has 0 saturated carbocycles. The number of rotatable bonds is 7. The van der Waals surface area contributed by atoms with E-state index in [1.807, 2.05) is 31.2 Å². The number of halogens is 1. The molecule has 8 heteroatoms. The summed E-state index contributed by atoms with van der Waals surface area (Å²) in [7, 11) is 0. The van der Waals surface area contributed by atoms with Gasteiger partial charge in [0.25, 0.3) is 5.91 Å². The molecule has 0 aliphatic heterocycles. The standard InChI is InChI=1S/C19H17BrN4O3/c1-13-10-18(24(23-13)9-3-8-21)22-19(25)17-7-6-16(27-17)12-26-15-5-2-4-14(20)11-15/h2,4-7,10-11H,3,9,12H2,1H3,(H,22,25). The second-order valence-electron chi connectivity index (χ2n) is 5.77. The predicted octanol–water partition coefficient (Wildman–Crippen LogP) is 4.29. The zero-order chi connectivity index (χ0) is 19.2. The molecule has 0 bridgehead atoms. The summed E-state index contributed by atoms with van der Waals surface area (Å²) >= 11 is 3.38. The van der Waals surface area contributed by atoms with Gasteiger partial charge in [-0.2, -0.15) is 10.4 Å². The van der Waals surface area contributed by atoms with Crippen LogP contribution in [-0.4, -0.2) is 15.7 Å². The molecule has 0 radical (unpaired) electrons. The quantitative estimate of drug-likeness (QED) is 0.605. The Bertz CT molecular complexity index is 987. The van der Waals surface area contributed by atoms with Gasteiger partial charge >= 0.3 is 0 Å². The topological polar surface area (TPSA) is 93.1 Å². The Labute approximate surface area is 164 Å². The number of ether oxygens (including phenoxy) is 1. The summed E-state index contributed by atoms with van der Waals surface area (Å²) in [6, 6.07) is 14.6.